The second kappa shape index (κ2) is 7.21. The Balaban J connectivity index is 1.84. The van der Waals surface area contributed by atoms with Gasteiger partial charge in [0.25, 0.3) is 5.91 Å². The fourth-order valence-electron chi connectivity index (χ4n) is 2.62. The fourth-order valence-corrected chi connectivity index (χ4v) is 2.62. The number of methoxy groups -OCH3 is 1. The molecular weight excluding hydrogens is 322 g/mol. The molecule has 0 spiro atoms. The van der Waals surface area contributed by atoms with E-state index in [2.05, 4.69) is 10.3 Å². The number of fused-ring (bicyclic) bond motifs is 1. The van der Waals surface area contributed by atoms with Gasteiger partial charge in [-0.25, -0.2) is 4.98 Å². The Hall–Kier alpha value is -3.09. The predicted octanol–water partition coefficient (Wildman–Crippen LogP) is 2.23. The molecule has 0 saturated carbocycles. The Kier molecular flexibility index (Phi) is 4.83. The van der Waals surface area contributed by atoms with Crippen molar-refractivity contribution in [2.45, 2.75) is 19.4 Å². The van der Waals surface area contributed by atoms with E-state index in [-0.39, 0.29) is 18.4 Å². The molecule has 130 valence electrons. The first-order valence-electron chi connectivity index (χ1n) is 7.99. The van der Waals surface area contributed by atoms with Crippen molar-refractivity contribution in [3.8, 4) is 11.5 Å². The average molecular weight is 341 g/mol. The number of hydrogen-bond acceptors (Lipinski definition) is 5. The Labute approximate surface area is 145 Å². The van der Waals surface area contributed by atoms with Crippen LogP contribution in [0, 0.1) is 0 Å². The number of anilines is 2. The van der Waals surface area contributed by atoms with Crippen molar-refractivity contribution in [1.82, 2.24) is 4.98 Å². The predicted molar refractivity (Wildman–Crippen MR) is 92.9 cm³/mol. The van der Waals surface area contributed by atoms with Crippen molar-refractivity contribution in [3.63, 3.8) is 0 Å². The van der Waals surface area contributed by atoms with E-state index in [1.165, 1.54) is 4.90 Å². The molecule has 3 rings (SSSR count). The zero-order valence-corrected chi connectivity index (χ0v) is 14.1. The van der Waals surface area contributed by atoms with Crippen molar-refractivity contribution < 1.29 is 19.1 Å². The van der Waals surface area contributed by atoms with Crippen LogP contribution in [0.1, 0.15) is 13.3 Å². The van der Waals surface area contributed by atoms with Gasteiger partial charge in [-0.05, 0) is 30.7 Å². The summed E-state index contributed by atoms with van der Waals surface area (Å²) in [5, 5.41) is 2.71. The van der Waals surface area contributed by atoms with Gasteiger partial charge >= 0.3 is 0 Å². The molecule has 0 bridgehead atoms. The van der Waals surface area contributed by atoms with Crippen LogP contribution in [-0.2, 0) is 9.59 Å². The third kappa shape index (κ3) is 3.55. The summed E-state index contributed by atoms with van der Waals surface area (Å²) in [7, 11) is 1.57. The molecule has 0 saturated heterocycles. The van der Waals surface area contributed by atoms with Crippen LogP contribution in [0.5, 0.6) is 11.5 Å². The number of nitrogens with zero attached hydrogens (tertiary/aromatic N) is 2. The van der Waals surface area contributed by atoms with Crippen molar-refractivity contribution in [3.05, 3.63) is 42.6 Å². The molecular formula is C18H19N3O4. The molecule has 7 heteroatoms. The SMILES string of the molecule is CCC(Oc1cccc(OC)c1)C(=O)N1CC(=O)Nc2cccnc21. The highest BCUT2D eigenvalue weighted by atomic mass is 16.5. The molecule has 1 atom stereocenters. The van der Waals surface area contributed by atoms with Crippen LogP contribution in [0.3, 0.4) is 0 Å². The summed E-state index contributed by atoms with van der Waals surface area (Å²) in [6.07, 6.45) is 1.31. The molecule has 1 aliphatic rings. The maximum atomic E-state index is 12.9. The van der Waals surface area contributed by atoms with Crippen LogP contribution in [-0.4, -0.2) is 36.6 Å². The van der Waals surface area contributed by atoms with E-state index < -0.39 is 6.10 Å². The first-order valence-corrected chi connectivity index (χ1v) is 7.99. The normalized spacial score (nSPS) is 14.3. The van der Waals surface area contributed by atoms with E-state index >= 15 is 0 Å². The molecule has 1 aromatic heterocycles. The summed E-state index contributed by atoms with van der Waals surface area (Å²) in [6, 6.07) is 10.5. The molecule has 1 aliphatic heterocycles. The lowest BCUT2D eigenvalue weighted by atomic mass is 10.2. The molecule has 25 heavy (non-hydrogen) atoms. The summed E-state index contributed by atoms with van der Waals surface area (Å²) >= 11 is 0. The van der Waals surface area contributed by atoms with Crippen molar-refractivity contribution in [2.24, 2.45) is 0 Å². The van der Waals surface area contributed by atoms with Crippen LogP contribution in [0.2, 0.25) is 0 Å². The molecule has 2 heterocycles. The molecule has 0 fully saturated rings. The van der Waals surface area contributed by atoms with Gasteiger partial charge in [-0.2, -0.15) is 0 Å². The van der Waals surface area contributed by atoms with Crippen LogP contribution < -0.4 is 19.7 Å². The minimum Gasteiger partial charge on any atom is -0.497 e. The third-order valence-corrected chi connectivity index (χ3v) is 3.85. The van der Waals surface area contributed by atoms with Crippen molar-refractivity contribution >= 4 is 23.3 Å². The number of carbonyl (C=O) groups excluding carboxylic acids is 2. The smallest absolute Gasteiger partial charge is 0.269 e. The van der Waals surface area contributed by atoms with Gasteiger partial charge in [0.05, 0.1) is 12.8 Å². The van der Waals surface area contributed by atoms with E-state index in [0.29, 0.717) is 29.4 Å². The van der Waals surface area contributed by atoms with E-state index in [1.807, 2.05) is 6.92 Å². The molecule has 2 amide bonds. The number of rotatable bonds is 5. The Morgan fingerprint density at radius 1 is 1.32 bits per heavy atom. The van der Waals surface area contributed by atoms with E-state index in [1.54, 1.807) is 49.7 Å². The highest BCUT2D eigenvalue weighted by Crippen LogP contribution is 2.28. The van der Waals surface area contributed by atoms with Crippen molar-refractivity contribution in [2.75, 3.05) is 23.9 Å². The van der Waals surface area contributed by atoms with Gasteiger partial charge < -0.3 is 14.8 Å². The first kappa shape index (κ1) is 16.8. The van der Waals surface area contributed by atoms with Crippen LogP contribution in [0.15, 0.2) is 42.6 Å². The lowest BCUT2D eigenvalue weighted by Gasteiger charge is -2.30. The quantitative estimate of drug-likeness (QED) is 0.902. The highest BCUT2D eigenvalue weighted by molar-refractivity contribution is 6.10. The maximum Gasteiger partial charge on any atom is 0.269 e. The fraction of sp³-hybridized carbons (Fsp3) is 0.278. The Bertz CT molecular complexity index is 793. The average Bonchev–Trinajstić information content (AvgIpc) is 2.65. The summed E-state index contributed by atoms with van der Waals surface area (Å²) in [5.41, 5.74) is 0.517. The van der Waals surface area contributed by atoms with Crippen LogP contribution in [0.25, 0.3) is 0 Å². The van der Waals surface area contributed by atoms with E-state index in [9.17, 15) is 9.59 Å². The maximum absolute atomic E-state index is 12.9. The molecule has 2 aromatic rings. The molecule has 7 nitrogen and oxygen atoms in total. The number of pyridine rings is 1. The second-order valence-electron chi connectivity index (χ2n) is 5.54. The lowest BCUT2D eigenvalue weighted by molar-refractivity contribution is -0.127. The number of amides is 2. The largest absolute Gasteiger partial charge is 0.497 e. The van der Waals surface area contributed by atoms with Crippen LogP contribution in [0.4, 0.5) is 11.5 Å². The van der Waals surface area contributed by atoms with Gasteiger partial charge in [0.1, 0.15) is 18.0 Å². The summed E-state index contributed by atoms with van der Waals surface area (Å²) < 4.78 is 11.0. The zero-order chi connectivity index (χ0) is 17.8. The number of hydrogen-bond donors (Lipinski definition) is 1. The minimum atomic E-state index is -0.729. The number of carbonyl (C=O) groups is 2. The van der Waals surface area contributed by atoms with Gasteiger partial charge in [-0.15, -0.1) is 0 Å². The summed E-state index contributed by atoms with van der Waals surface area (Å²) in [4.78, 5) is 30.4. The van der Waals surface area contributed by atoms with Gasteiger partial charge in [0.15, 0.2) is 11.9 Å². The summed E-state index contributed by atoms with van der Waals surface area (Å²) in [6.45, 7) is 1.77. The monoisotopic (exact) mass is 341 g/mol. The lowest BCUT2D eigenvalue weighted by Crippen LogP contribution is -2.48. The summed E-state index contributed by atoms with van der Waals surface area (Å²) in [5.74, 6) is 1.04. The van der Waals surface area contributed by atoms with Crippen molar-refractivity contribution in [1.29, 1.82) is 0 Å². The number of benzene rings is 1. The Morgan fingerprint density at radius 3 is 2.88 bits per heavy atom. The minimum absolute atomic E-state index is 0.0825. The molecule has 1 N–H and O–H groups in total. The Morgan fingerprint density at radius 2 is 2.12 bits per heavy atom. The van der Waals surface area contributed by atoms with Gasteiger partial charge in [-0.1, -0.05) is 13.0 Å². The topological polar surface area (TPSA) is 80.8 Å². The number of nitrogens with one attached hydrogen (secondary N) is 1. The molecule has 0 aliphatic carbocycles. The molecule has 1 aromatic carbocycles. The molecule has 0 radical (unpaired) electrons. The van der Waals surface area contributed by atoms with E-state index in [4.69, 9.17) is 9.47 Å². The van der Waals surface area contributed by atoms with E-state index in [0.717, 1.165) is 0 Å². The second-order valence-corrected chi connectivity index (χ2v) is 5.54. The van der Waals surface area contributed by atoms with Gasteiger partial charge in [0.2, 0.25) is 5.91 Å². The highest BCUT2D eigenvalue weighted by Gasteiger charge is 2.33. The first-order chi connectivity index (χ1) is 12.1. The van der Waals surface area contributed by atoms with Gasteiger partial charge in [0, 0.05) is 12.3 Å². The zero-order valence-electron chi connectivity index (χ0n) is 14.1. The number of aromatic nitrogens is 1. The van der Waals surface area contributed by atoms with Crippen LogP contribution >= 0.6 is 0 Å². The number of ether oxygens (including phenoxy) is 2. The standard InChI is InChI=1S/C18H19N3O4/c1-3-15(25-13-7-4-6-12(10-13)24-2)18(23)21-11-16(22)20-14-8-5-9-19-17(14)21/h4-10,15H,3,11H2,1-2H3,(H,20,22). The molecule has 1 unspecified atom stereocenters. The van der Waals surface area contributed by atoms with Gasteiger partial charge in [-0.3, -0.25) is 14.5 Å². The third-order valence-electron chi connectivity index (χ3n) is 3.85.